The van der Waals surface area contributed by atoms with Gasteiger partial charge >= 0.3 is 6.18 Å². The highest BCUT2D eigenvalue weighted by Crippen LogP contribution is 2.46. The van der Waals surface area contributed by atoms with E-state index in [-0.39, 0.29) is 18.1 Å². The van der Waals surface area contributed by atoms with E-state index in [2.05, 4.69) is 25.5 Å². The monoisotopic (exact) mass is 465 g/mol. The van der Waals surface area contributed by atoms with Crippen molar-refractivity contribution in [3.63, 3.8) is 0 Å². The van der Waals surface area contributed by atoms with Crippen LogP contribution in [0, 0.1) is 0 Å². The third-order valence-corrected chi connectivity index (χ3v) is 6.08. The van der Waals surface area contributed by atoms with Gasteiger partial charge in [-0.1, -0.05) is 24.3 Å². The number of hydrogen-bond acceptors (Lipinski definition) is 6. The summed E-state index contributed by atoms with van der Waals surface area (Å²) in [5.41, 5.74) is 2.42. The Balaban J connectivity index is 1.47. The summed E-state index contributed by atoms with van der Waals surface area (Å²) in [6.45, 7) is 0. The van der Waals surface area contributed by atoms with Gasteiger partial charge in [-0.2, -0.15) is 18.3 Å². The predicted molar refractivity (Wildman–Crippen MR) is 119 cm³/mol. The smallest absolute Gasteiger partial charge is 0.410 e. The lowest BCUT2D eigenvalue weighted by atomic mass is 9.96. The Labute approximate surface area is 191 Å². The van der Waals surface area contributed by atoms with Crippen LogP contribution in [0.3, 0.4) is 0 Å². The second kappa shape index (κ2) is 7.44. The second-order valence-electron chi connectivity index (χ2n) is 8.08. The first-order valence-electron chi connectivity index (χ1n) is 10.6. The zero-order valence-electron chi connectivity index (χ0n) is 17.9. The van der Waals surface area contributed by atoms with E-state index in [0.717, 1.165) is 15.6 Å². The molecule has 0 amide bonds. The molecule has 4 heterocycles. The van der Waals surface area contributed by atoms with Crippen molar-refractivity contribution in [1.29, 1.82) is 0 Å². The van der Waals surface area contributed by atoms with E-state index in [0.29, 0.717) is 22.5 Å². The van der Waals surface area contributed by atoms with Crippen LogP contribution in [0.25, 0.3) is 27.9 Å². The van der Waals surface area contributed by atoms with Gasteiger partial charge in [-0.15, -0.1) is 5.10 Å². The van der Waals surface area contributed by atoms with Crippen molar-refractivity contribution >= 4 is 22.4 Å². The maximum atomic E-state index is 14.0. The maximum Gasteiger partial charge on any atom is 0.410 e. The molecule has 0 fully saturated rings. The largest absolute Gasteiger partial charge is 0.497 e. The highest BCUT2D eigenvalue weighted by Gasteiger charge is 2.47. The molecular formula is C23H18F3N7O. The number of ether oxygens (including phenoxy) is 1. The maximum absolute atomic E-state index is 14.0. The molecule has 172 valence electrons. The summed E-state index contributed by atoms with van der Waals surface area (Å²) in [7, 11) is 1.54. The summed E-state index contributed by atoms with van der Waals surface area (Å²) < 4.78 is 49.8. The fourth-order valence-electron chi connectivity index (χ4n) is 4.37. The fraction of sp³-hybridized carbons (Fsp3) is 0.217. The van der Waals surface area contributed by atoms with Crippen molar-refractivity contribution in [1.82, 2.24) is 29.4 Å². The summed E-state index contributed by atoms with van der Waals surface area (Å²) in [5.74, 6) is 1.12. The van der Waals surface area contributed by atoms with Crippen LogP contribution >= 0.6 is 0 Å². The molecule has 0 spiro atoms. The normalized spacial score (nSPS) is 18.1. The van der Waals surface area contributed by atoms with Gasteiger partial charge in [0, 0.05) is 11.8 Å². The topological polar surface area (TPSA) is 82.2 Å². The zero-order valence-corrected chi connectivity index (χ0v) is 17.9. The summed E-state index contributed by atoms with van der Waals surface area (Å²) in [5, 5.41) is 12.6. The van der Waals surface area contributed by atoms with Crippen LogP contribution in [-0.4, -0.2) is 42.6 Å². The second-order valence-corrected chi connectivity index (χ2v) is 8.08. The number of aromatic nitrogens is 6. The number of para-hydroxylation sites is 1. The predicted octanol–water partition coefficient (Wildman–Crippen LogP) is 4.81. The quantitative estimate of drug-likeness (QED) is 0.412. The molecular weight excluding hydrogens is 447 g/mol. The average Bonchev–Trinajstić information content (AvgIpc) is 3.47. The molecule has 0 bridgehead atoms. The first kappa shape index (κ1) is 20.5. The molecule has 11 heteroatoms. The number of nitrogens with zero attached hydrogens (tertiary/aromatic N) is 6. The van der Waals surface area contributed by atoms with E-state index >= 15 is 0 Å². The molecule has 0 radical (unpaired) electrons. The van der Waals surface area contributed by atoms with E-state index in [9.17, 15) is 13.2 Å². The number of nitrogens with one attached hydrogen (secondary N) is 1. The van der Waals surface area contributed by atoms with E-state index in [1.807, 2.05) is 24.3 Å². The van der Waals surface area contributed by atoms with Gasteiger partial charge in [-0.05, 0) is 29.8 Å². The van der Waals surface area contributed by atoms with Gasteiger partial charge in [0.15, 0.2) is 17.5 Å². The molecule has 0 unspecified atom stereocenters. The van der Waals surface area contributed by atoms with Crippen molar-refractivity contribution in [3.8, 4) is 17.1 Å². The lowest BCUT2D eigenvalue weighted by Gasteiger charge is -2.34. The van der Waals surface area contributed by atoms with Crippen molar-refractivity contribution in [2.75, 3.05) is 12.4 Å². The Kier molecular flexibility index (Phi) is 4.48. The first-order chi connectivity index (χ1) is 16.4. The van der Waals surface area contributed by atoms with Crippen molar-refractivity contribution < 1.29 is 17.9 Å². The molecule has 6 rings (SSSR count). The van der Waals surface area contributed by atoms with Crippen LogP contribution < -0.4 is 10.1 Å². The van der Waals surface area contributed by atoms with Crippen LogP contribution in [0.15, 0.2) is 61.1 Å². The molecule has 1 aliphatic rings. The van der Waals surface area contributed by atoms with Crippen LogP contribution in [0.1, 0.15) is 24.1 Å². The lowest BCUT2D eigenvalue weighted by Crippen LogP contribution is -2.35. The van der Waals surface area contributed by atoms with Crippen LogP contribution in [-0.2, 0) is 0 Å². The number of methoxy groups -OCH3 is 1. The minimum atomic E-state index is -4.47. The molecule has 2 atom stereocenters. The standard InChI is InChI=1S/C23H18F3N7O/c1-34-14-8-6-13(7-9-14)18-10-19(23(24,25)26)33-22(29-18)16(11-28-33)20-30-21-15-4-2-3-5-17(15)27-12-32(21)31-20/h2-9,11-12,18-19,29H,10H2,1H3/t18-,19-/m1/s1. The SMILES string of the molecule is COc1ccc([C@H]2C[C@H](C(F)(F)F)n3ncc(-c4nc5c6ccccc6ncn5n4)c3N2)cc1. The third-order valence-electron chi connectivity index (χ3n) is 6.08. The number of hydrogen-bond donors (Lipinski definition) is 1. The minimum Gasteiger partial charge on any atom is -0.497 e. The Morgan fingerprint density at radius 2 is 1.88 bits per heavy atom. The van der Waals surface area contributed by atoms with E-state index in [1.54, 1.807) is 31.4 Å². The molecule has 1 N–H and O–H groups in total. The molecule has 1 aliphatic heterocycles. The molecule has 34 heavy (non-hydrogen) atoms. The van der Waals surface area contributed by atoms with E-state index in [4.69, 9.17) is 4.74 Å². The molecule has 5 aromatic rings. The van der Waals surface area contributed by atoms with Gasteiger partial charge in [0.2, 0.25) is 0 Å². The van der Waals surface area contributed by atoms with Gasteiger partial charge in [-0.25, -0.2) is 19.2 Å². The highest BCUT2D eigenvalue weighted by atomic mass is 19.4. The number of anilines is 1. The van der Waals surface area contributed by atoms with Gasteiger partial charge in [0.25, 0.3) is 0 Å². The number of fused-ring (bicyclic) bond motifs is 4. The van der Waals surface area contributed by atoms with Gasteiger partial charge in [-0.3, -0.25) is 0 Å². The van der Waals surface area contributed by atoms with Crippen LogP contribution in [0.2, 0.25) is 0 Å². The first-order valence-corrected chi connectivity index (χ1v) is 10.6. The van der Waals surface area contributed by atoms with Crippen LogP contribution in [0.4, 0.5) is 19.0 Å². The molecule has 0 saturated carbocycles. The molecule has 8 nitrogen and oxygen atoms in total. The van der Waals surface area contributed by atoms with Crippen molar-refractivity contribution in [2.24, 2.45) is 0 Å². The third kappa shape index (κ3) is 3.23. The Hall–Kier alpha value is -4.15. The molecule has 0 saturated heterocycles. The van der Waals surface area contributed by atoms with E-state index in [1.165, 1.54) is 17.0 Å². The number of benzene rings is 2. The number of halogens is 3. The summed E-state index contributed by atoms with van der Waals surface area (Å²) in [6.07, 6.45) is -1.76. The zero-order chi connectivity index (χ0) is 23.4. The summed E-state index contributed by atoms with van der Waals surface area (Å²) >= 11 is 0. The number of alkyl halides is 3. The minimum absolute atomic E-state index is 0.197. The van der Waals surface area contributed by atoms with Crippen molar-refractivity contribution in [3.05, 3.63) is 66.6 Å². The average molecular weight is 465 g/mol. The van der Waals surface area contributed by atoms with Crippen molar-refractivity contribution in [2.45, 2.75) is 24.7 Å². The summed E-state index contributed by atoms with van der Waals surface area (Å²) in [6, 6.07) is 12.1. The van der Waals surface area contributed by atoms with Gasteiger partial charge in [0.1, 0.15) is 17.9 Å². The highest BCUT2D eigenvalue weighted by molar-refractivity contribution is 5.91. The molecule has 0 aliphatic carbocycles. The molecule has 2 aromatic carbocycles. The van der Waals surface area contributed by atoms with E-state index < -0.39 is 18.3 Å². The Morgan fingerprint density at radius 1 is 1.09 bits per heavy atom. The van der Waals surface area contributed by atoms with Gasteiger partial charge < -0.3 is 10.1 Å². The number of rotatable bonds is 3. The summed E-state index contributed by atoms with van der Waals surface area (Å²) in [4.78, 5) is 8.99. The molecule has 3 aromatic heterocycles. The lowest BCUT2D eigenvalue weighted by molar-refractivity contribution is -0.173. The van der Waals surface area contributed by atoms with Gasteiger partial charge in [0.05, 0.1) is 30.4 Å². The Morgan fingerprint density at radius 3 is 2.65 bits per heavy atom. The Bertz CT molecular complexity index is 1510. The van der Waals surface area contributed by atoms with Crippen LogP contribution in [0.5, 0.6) is 5.75 Å². The fourth-order valence-corrected chi connectivity index (χ4v) is 4.37.